The Hall–Kier alpha value is -5.74. The minimum absolute atomic E-state index is 0. The lowest BCUT2D eigenvalue weighted by molar-refractivity contribution is 0.0693. The van der Waals surface area contributed by atoms with E-state index in [2.05, 4.69) is 61.1 Å². The van der Waals surface area contributed by atoms with Crippen molar-refractivity contribution in [3.8, 4) is 34.7 Å². The van der Waals surface area contributed by atoms with Crippen LogP contribution in [0.1, 0.15) is 103 Å². The number of nitrogens with zero attached hydrogens (tertiary/aromatic N) is 5. The number of amides is 1. The van der Waals surface area contributed by atoms with Gasteiger partial charge in [0, 0.05) is 50.4 Å². The Morgan fingerprint density at radius 2 is 1.10 bits per heavy atom. The van der Waals surface area contributed by atoms with Gasteiger partial charge >= 0.3 is 5.97 Å². The minimum atomic E-state index is -0.981. The Morgan fingerprint density at radius 3 is 1.51 bits per heavy atom. The molecule has 0 spiro atoms. The number of carbonyl (C=O) groups is 2. The van der Waals surface area contributed by atoms with Crippen LogP contribution in [-0.4, -0.2) is 88.6 Å². The number of rotatable bonds is 10. The maximum atomic E-state index is 13.2. The normalized spacial score (nSPS) is 13.5. The number of nitriles is 2. The van der Waals surface area contributed by atoms with E-state index >= 15 is 0 Å². The molecule has 0 saturated carbocycles. The van der Waals surface area contributed by atoms with Crippen LogP contribution in [0.3, 0.4) is 0 Å². The highest BCUT2D eigenvalue weighted by Gasteiger charge is 2.26. The number of likely N-dealkylation sites (tertiary alicyclic amines) is 1. The first-order valence-electron chi connectivity index (χ1n) is 21.7. The largest absolute Gasteiger partial charge is 0.478 e. The molecule has 4 N–H and O–H groups in total. The summed E-state index contributed by atoms with van der Waals surface area (Å²) < 4.78 is 10.1. The molecule has 8 rings (SSSR count). The van der Waals surface area contributed by atoms with Gasteiger partial charge in [-0.2, -0.15) is 10.5 Å². The van der Waals surface area contributed by atoms with E-state index < -0.39 is 5.97 Å². The molecule has 2 aromatic heterocycles. The maximum Gasteiger partial charge on any atom is 0.335 e. The van der Waals surface area contributed by atoms with Crippen molar-refractivity contribution in [3.63, 3.8) is 0 Å². The predicted octanol–water partition coefficient (Wildman–Crippen LogP) is 11.3. The summed E-state index contributed by atoms with van der Waals surface area (Å²) in [6.45, 7) is 8.15. The SMILES string of the molecule is CCl.COCc1nc(-c2cc(C(=O)N3CCC(c4ccc(C#N)cc4)CC3)ccc2C)c(Cl)[nH]1.COCc1nc(-c2cc(C(=O)O)ccc2C)c(Cl)[nH]1.Cl.N#Cc1ccc(C2CCNCC2)cc1. The summed E-state index contributed by atoms with van der Waals surface area (Å²) >= 11 is 17.1. The van der Waals surface area contributed by atoms with Gasteiger partial charge in [-0.05, 0) is 135 Å². The number of alkyl halides is 1. The van der Waals surface area contributed by atoms with E-state index in [1.807, 2.05) is 73.3 Å². The fourth-order valence-electron chi connectivity index (χ4n) is 8.00. The summed E-state index contributed by atoms with van der Waals surface area (Å²) in [6, 6.07) is 30.6. The third kappa shape index (κ3) is 14.6. The molecule has 17 heteroatoms. The van der Waals surface area contributed by atoms with Gasteiger partial charge < -0.3 is 34.8 Å². The van der Waals surface area contributed by atoms with Crippen molar-refractivity contribution in [2.75, 3.05) is 46.8 Å². The quantitative estimate of drug-likeness (QED) is 0.0960. The molecule has 4 heterocycles. The number of imidazole rings is 2. The zero-order valence-electron chi connectivity index (χ0n) is 38.7. The minimum Gasteiger partial charge on any atom is -0.478 e. The molecule has 4 aromatic carbocycles. The van der Waals surface area contributed by atoms with Crippen LogP contribution < -0.4 is 5.32 Å². The first kappa shape index (κ1) is 54.9. The van der Waals surface area contributed by atoms with Gasteiger partial charge in [-0.15, -0.1) is 24.0 Å². The molecule has 13 nitrogen and oxygen atoms in total. The summed E-state index contributed by atoms with van der Waals surface area (Å²) in [6.07, 6.45) is 5.71. The first-order valence-corrected chi connectivity index (χ1v) is 23.2. The van der Waals surface area contributed by atoms with E-state index in [0.717, 1.165) is 48.2 Å². The Morgan fingerprint density at radius 1 is 0.691 bits per heavy atom. The topological polar surface area (TPSA) is 193 Å². The van der Waals surface area contributed by atoms with E-state index in [9.17, 15) is 9.59 Å². The molecular weight excluding hydrogens is 946 g/mol. The molecule has 2 saturated heterocycles. The number of hydrogen-bond acceptors (Lipinski definition) is 9. The van der Waals surface area contributed by atoms with Crippen LogP contribution in [0.25, 0.3) is 22.5 Å². The molecule has 0 aliphatic carbocycles. The number of halogens is 4. The number of carboxylic acid groups (broad SMARTS) is 1. The second-order valence-corrected chi connectivity index (χ2v) is 16.7. The first-order chi connectivity index (χ1) is 32.4. The third-order valence-corrected chi connectivity index (χ3v) is 12.1. The standard InChI is InChI=1S/C25H25ClN4O2.C13H13ClN2O3.C12H14N2.CH3Cl.ClH/c1-16-3-6-20(13-21(16)23-24(26)29-22(28-23)15-32-2)25(31)30-11-9-19(10-12-30)18-7-4-17(14-27)5-8-18;1-7-3-4-8(13(17)18)5-9(7)11-12(14)16-10(15-11)6-19-2;13-9-10-1-3-11(4-2-10)12-5-7-14-8-6-12;1-2;/h3-8,13,19H,9-12,15H2,1-2H3,(H,28,29);3-5H,6H2,1-2H3,(H,15,16)(H,17,18);1-4,12,14H,5-8H2;1H3;1H. The molecular formula is C51H56Cl4N8O5. The number of aromatic amines is 2. The van der Waals surface area contributed by atoms with Gasteiger partial charge in [-0.1, -0.05) is 59.6 Å². The van der Waals surface area contributed by atoms with E-state index in [1.54, 1.807) is 32.4 Å². The van der Waals surface area contributed by atoms with Crippen molar-refractivity contribution < 1.29 is 24.2 Å². The fraction of sp³-hybridized carbons (Fsp3) is 0.333. The van der Waals surface area contributed by atoms with Crippen LogP contribution in [0.5, 0.6) is 0 Å². The number of methoxy groups -OCH3 is 2. The summed E-state index contributed by atoms with van der Waals surface area (Å²) in [7, 11) is 3.16. The van der Waals surface area contributed by atoms with E-state index in [-0.39, 0.29) is 23.9 Å². The number of aromatic carboxylic acids is 1. The molecule has 358 valence electrons. The summed E-state index contributed by atoms with van der Waals surface area (Å²) in [5.41, 5.74) is 9.48. The number of benzene rings is 4. The number of piperidine rings is 2. The fourth-order valence-corrected chi connectivity index (χ4v) is 8.50. The van der Waals surface area contributed by atoms with E-state index in [1.165, 1.54) is 30.4 Å². The van der Waals surface area contributed by atoms with Crippen LogP contribution in [0.15, 0.2) is 84.9 Å². The van der Waals surface area contributed by atoms with Crippen molar-refractivity contribution in [2.45, 2.75) is 64.6 Å². The molecule has 0 unspecified atom stereocenters. The molecule has 2 aliphatic heterocycles. The second-order valence-electron chi connectivity index (χ2n) is 16.0. The highest BCUT2D eigenvalue weighted by atomic mass is 35.5. The number of aromatic nitrogens is 4. The molecule has 0 bridgehead atoms. The smallest absolute Gasteiger partial charge is 0.335 e. The summed E-state index contributed by atoms with van der Waals surface area (Å²) in [5, 5.41) is 30.8. The van der Waals surface area contributed by atoms with Crippen LogP contribution >= 0.6 is 47.2 Å². The van der Waals surface area contributed by atoms with E-state index in [4.69, 9.17) is 48.3 Å². The molecule has 1 amide bonds. The highest BCUT2D eigenvalue weighted by molar-refractivity contribution is 6.32. The number of H-pyrrole nitrogens is 2. The van der Waals surface area contributed by atoms with Gasteiger partial charge in [-0.25, -0.2) is 14.8 Å². The van der Waals surface area contributed by atoms with E-state index in [0.29, 0.717) is 88.2 Å². The Bertz CT molecular complexity index is 2660. The van der Waals surface area contributed by atoms with Gasteiger partial charge in [-0.3, -0.25) is 4.79 Å². The van der Waals surface area contributed by atoms with Gasteiger partial charge in [0.15, 0.2) is 0 Å². The molecule has 2 aliphatic rings. The van der Waals surface area contributed by atoms with Gasteiger partial charge in [0.25, 0.3) is 5.91 Å². The third-order valence-electron chi connectivity index (χ3n) is 11.6. The lowest BCUT2D eigenvalue weighted by atomic mass is 9.88. The van der Waals surface area contributed by atoms with Gasteiger partial charge in [0.1, 0.15) is 46.6 Å². The summed E-state index contributed by atoms with van der Waals surface area (Å²) in [5.74, 6) is 1.38. The molecule has 0 radical (unpaired) electrons. The van der Waals surface area contributed by atoms with Gasteiger partial charge in [0.05, 0.1) is 28.8 Å². The highest BCUT2D eigenvalue weighted by Crippen LogP contribution is 2.33. The van der Waals surface area contributed by atoms with Crippen molar-refractivity contribution in [1.82, 2.24) is 30.2 Å². The number of ether oxygens (including phenoxy) is 2. The number of aryl methyl sites for hydroxylation is 2. The maximum absolute atomic E-state index is 13.2. The number of carboxylic acids is 1. The van der Waals surface area contributed by atoms with Crippen molar-refractivity contribution >= 4 is 59.1 Å². The number of nitrogens with one attached hydrogen (secondary N) is 3. The van der Waals surface area contributed by atoms with Crippen LogP contribution in [0.2, 0.25) is 10.3 Å². The monoisotopic (exact) mass is 1000 g/mol. The average Bonchev–Trinajstić information content (AvgIpc) is 3.92. The van der Waals surface area contributed by atoms with Crippen LogP contribution in [0, 0.1) is 36.5 Å². The van der Waals surface area contributed by atoms with Gasteiger partial charge in [0.2, 0.25) is 0 Å². The Kier molecular flexibility index (Phi) is 22.0. The zero-order chi connectivity index (χ0) is 48.5. The average molecular weight is 1000 g/mol. The molecule has 2 fully saturated rings. The van der Waals surface area contributed by atoms with Crippen LogP contribution in [0.4, 0.5) is 0 Å². The van der Waals surface area contributed by atoms with Crippen LogP contribution in [-0.2, 0) is 22.7 Å². The van der Waals surface area contributed by atoms with Crippen molar-refractivity contribution in [1.29, 1.82) is 10.5 Å². The number of hydrogen-bond donors (Lipinski definition) is 4. The second kappa shape index (κ2) is 27.3. The Balaban J connectivity index is 0.000000238. The molecule has 68 heavy (non-hydrogen) atoms. The number of carbonyl (C=O) groups excluding carboxylic acids is 1. The molecule has 6 aromatic rings. The lowest BCUT2D eigenvalue weighted by Gasteiger charge is -2.32. The lowest BCUT2D eigenvalue weighted by Crippen LogP contribution is -2.37. The molecule has 0 atom stereocenters. The zero-order valence-corrected chi connectivity index (χ0v) is 41.8. The Labute approximate surface area is 419 Å². The van der Waals surface area contributed by atoms with Crippen molar-refractivity contribution in [2.24, 2.45) is 0 Å². The summed E-state index contributed by atoms with van der Waals surface area (Å²) in [4.78, 5) is 40.9. The predicted molar refractivity (Wildman–Crippen MR) is 270 cm³/mol. The van der Waals surface area contributed by atoms with Crippen molar-refractivity contribution in [3.05, 3.63) is 151 Å².